The van der Waals surface area contributed by atoms with Gasteiger partial charge in [-0.3, -0.25) is 23.9 Å². The van der Waals surface area contributed by atoms with Gasteiger partial charge in [0.15, 0.2) is 0 Å². The Balaban J connectivity index is 0.787. The van der Waals surface area contributed by atoms with Crippen LogP contribution in [0.2, 0.25) is 5.02 Å². The number of benzene rings is 3. The average Bonchev–Trinajstić information content (AvgIpc) is 4.14. The summed E-state index contributed by atoms with van der Waals surface area (Å²) in [6, 6.07) is 18.5. The molecule has 4 amide bonds. The number of aryl methyl sites for hydroxylation is 2. The number of rotatable bonds is 17. The topological polar surface area (TPSA) is 205 Å². The molecule has 2 aromatic heterocycles. The van der Waals surface area contributed by atoms with Crippen molar-refractivity contribution in [3.05, 3.63) is 105 Å². The lowest BCUT2D eigenvalue weighted by Gasteiger charge is -2.65. The molecule has 16 nitrogen and oxygen atoms in total. The first-order valence-electron chi connectivity index (χ1n) is 24.5. The van der Waals surface area contributed by atoms with E-state index < -0.39 is 35.4 Å². The van der Waals surface area contributed by atoms with Gasteiger partial charge in [0.2, 0.25) is 17.7 Å². The van der Waals surface area contributed by atoms with E-state index in [-0.39, 0.29) is 60.4 Å². The predicted octanol–water partition coefficient (Wildman–Crippen LogP) is 7.91. The molecule has 4 atom stereocenters. The number of thiazole rings is 1. The zero-order chi connectivity index (χ0) is 51.9. The lowest BCUT2D eigenvalue weighted by Crippen LogP contribution is -2.74. The number of carbonyl (C=O) groups excluding carboxylic acids is 4. The molecular weight excluding hydrogens is 954 g/mol. The number of nitriles is 1. The van der Waals surface area contributed by atoms with Gasteiger partial charge >= 0.3 is 0 Å². The number of carbonyl (C=O) groups is 4. The van der Waals surface area contributed by atoms with Crippen LogP contribution in [0.4, 0.5) is 0 Å². The Morgan fingerprint density at radius 1 is 1.01 bits per heavy atom. The molecule has 0 radical (unpaired) electrons. The van der Waals surface area contributed by atoms with E-state index in [4.69, 9.17) is 21.1 Å². The van der Waals surface area contributed by atoms with E-state index in [0.717, 1.165) is 32.8 Å². The van der Waals surface area contributed by atoms with Gasteiger partial charge in [-0.25, -0.2) is 4.98 Å². The van der Waals surface area contributed by atoms with Gasteiger partial charge in [0.05, 0.1) is 45.0 Å². The highest BCUT2D eigenvalue weighted by molar-refractivity contribution is 7.13. The van der Waals surface area contributed by atoms with E-state index in [1.807, 2.05) is 93.7 Å². The number of nitrogens with one attached hydrogen (secondary N) is 2. The Morgan fingerprint density at radius 3 is 2.40 bits per heavy atom. The number of nitrogens with zero attached hydrogens (tertiary/aromatic N) is 7. The fourth-order valence-electron chi connectivity index (χ4n) is 11.1. The summed E-state index contributed by atoms with van der Waals surface area (Å²) in [6.07, 6.45) is 2.21. The van der Waals surface area contributed by atoms with Gasteiger partial charge in [-0.05, 0) is 73.1 Å². The Labute approximate surface area is 430 Å². The number of unbranched alkanes of at least 4 members (excludes halogenated alkanes) is 1. The molecular formula is C54H64ClN9O7S. The second-order valence-corrected chi connectivity index (χ2v) is 22.9. The first-order valence-corrected chi connectivity index (χ1v) is 25.7. The third-order valence-electron chi connectivity index (χ3n) is 14.4. The number of halogens is 1. The van der Waals surface area contributed by atoms with Crippen molar-refractivity contribution in [2.24, 2.45) is 16.2 Å². The number of β-amino-alcohol motifs (C(OH)–C–C–N with tert-alkyl or cyclic N) is 1. The van der Waals surface area contributed by atoms with Crippen molar-refractivity contribution in [1.82, 2.24) is 40.4 Å². The fourth-order valence-corrected chi connectivity index (χ4v) is 12.1. The molecule has 5 aromatic rings. The number of aliphatic hydroxyl groups is 1. The highest BCUT2D eigenvalue weighted by Gasteiger charge is 2.67. The van der Waals surface area contributed by atoms with Gasteiger partial charge < -0.3 is 35.0 Å². The number of fused-ring (bicyclic) bond motifs is 1. The second-order valence-electron chi connectivity index (χ2n) is 21.6. The Bertz CT molecular complexity index is 2870. The van der Waals surface area contributed by atoms with Gasteiger partial charge in [-0.15, -0.1) is 16.4 Å². The van der Waals surface area contributed by atoms with Crippen molar-refractivity contribution < 1.29 is 33.8 Å². The van der Waals surface area contributed by atoms with Crippen LogP contribution >= 0.6 is 22.9 Å². The van der Waals surface area contributed by atoms with Crippen molar-refractivity contribution in [1.29, 1.82) is 5.26 Å². The second kappa shape index (κ2) is 20.7. The van der Waals surface area contributed by atoms with Crippen molar-refractivity contribution in [3.8, 4) is 33.5 Å². The summed E-state index contributed by atoms with van der Waals surface area (Å²) >= 11 is 7.88. The molecule has 8 rings (SSSR count). The van der Waals surface area contributed by atoms with Gasteiger partial charge in [0, 0.05) is 66.7 Å². The molecule has 0 unspecified atom stereocenters. The number of hydrogen-bond acceptors (Lipinski definition) is 12. The van der Waals surface area contributed by atoms with Gasteiger partial charge in [-0.2, -0.15) is 5.26 Å². The SMILES string of the molecule is Cc1ncsc1-c1ccc([C@H](C)NC(=O)[C@@H]2C[C@@H](O)CN2C(=O)[C@@H](NC(=O)COCCCCn2cc(-c3ccc4c(c3)CN(C3C(C)(C)C(Oc5ccc(C#N)c(Cl)c5)C3(C)C)C4=O)nn2)C(C)(C)C)cc1. The van der Waals surface area contributed by atoms with E-state index in [2.05, 4.69) is 59.7 Å². The van der Waals surface area contributed by atoms with E-state index in [1.165, 1.54) is 4.90 Å². The van der Waals surface area contributed by atoms with E-state index >= 15 is 0 Å². The van der Waals surface area contributed by atoms with Crippen molar-refractivity contribution >= 4 is 46.6 Å². The van der Waals surface area contributed by atoms with Crippen LogP contribution in [-0.4, -0.2) is 109 Å². The summed E-state index contributed by atoms with van der Waals surface area (Å²) in [5.74, 6) is -0.709. The molecule has 2 aliphatic heterocycles. The number of aliphatic hydroxyl groups excluding tert-OH is 1. The lowest BCUT2D eigenvalue weighted by atomic mass is 9.49. The molecule has 3 aromatic carbocycles. The maximum atomic E-state index is 14.1. The minimum Gasteiger partial charge on any atom is -0.489 e. The highest BCUT2D eigenvalue weighted by atomic mass is 35.5. The lowest BCUT2D eigenvalue weighted by molar-refractivity contribution is -0.199. The van der Waals surface area contributed by atoms with Crippen LogP contribution in [-0.2, 0) is 32.2 Å². The number of likely N-dealkylation sites (tertiary alicyclic amines) is 1. The van der Waals surface area contributed by atoms with Gasteiger partial charge in [0.25, 0.3) is 5.91 Å². The number of hydrogen-bond donors (Lipinski definition) is 3. The maximum Gasteiger partial charge on any atom is 0.254 e. The quantitative estimate of drug-likeness (QED) is 0.0764. The molecule has 3 N–H and O–H groups in total. The summed E-state index contributed by atoms with van der Waals surface area (Å²) in [6.45, 7) is 18.9. The van der Waals surface area contributed by atoms with Crippen LogP contribution in [0.15, 0.2) is 72.4 Å². The summed E-state index contributed by atoms with van der Waals surface area (Å²) in [7, 11) is 0. The summed E-state index contributed by atoms with van der Waals surface area (Å²) in [5.41, 5.74) is 6.76. The molecule has 1 saturated heterocycles. The van der Waals surface area contributed by atoms with Crippen molar-refractivity contribution in [3.63, 3.8) is 0 Å². The minimum atomic E-state index is -0.973. The molecule has 18 heteroatoms. The van der Waals surface area contributed by atoms with Gasteiger partial charge in [-0.1, -0.05) is 95.6 Å². The average molecular weight is 1020 g/mol. The molecule has 0 bridgehead atoms. The van der Waals surface area contributed by atoms with Crippen molar-refractivity contribution in [2.45, 2.75) is 131 Å². The summed E-state index contributed by atoms with van der Waals surface area (Å²) < 4.78 is 14.0. The molecule has 1 saturated carbocycles. The van der Waals surface area contributed by atoms with E-state index in [0.29, 0.717) is 60.1 Å². The smallest absolute Gasteiger partial charge is 0.254 e. The molecule has 4 heterocycles. The molecule has 2 fully saturated rings. The maximum absolute atomic E-state index is 14.1. The molecule has 1 aliphatic carbocycles. The standard InChI is InChI=1S/C54H64ClN9O7S/c1-31(33-12-14-34(15-13-33)45-32(2)57-30-72-45)58-47(67)43-23-38(65)27-63(43)49(69)46(52(3,4)5)59-44(66)29-70-21-11-10-20-62-28-42(60-61-62)35-17-19-40-37(22-35)26-64(48(40)68)50-53(6,7)51(54(50,8)9)71-39-18-16-36(25-56)41(55)24-39/h12-19,22,24,28,30-31,38,43,46,50-51,65H,10-11,20-21,23,26-27,29H2,1-9H3,(H,58,67)(H,59,66)/t31-,38+,43-,46+,50?,51?/m0/s1. The predicted molar refractivity (Wildman–Crippen MR) is 274 cm³/mol. The van der Waals surface area contributed by atoms with E-state index in [1.54, 1.807) is 34.2 Å². The Hall–Kier alpha value is -6.19. The van der Waals surface area contributed by atoms with Crippen LogP contribution in [0.3, 0.4) is 0 Å². The number of amides is 4. The molecule has 72 heavy (non-hydrogen) atoms. The zero-order valence-electron chi connectivity index (χ0n) is 42.4. The first-order chi connectivity index (χ1) is 34.1. The van der Waals surface area contributed by atoms with Crippen LogP contribution in [0.25, 0.3) is 21.7 Å². The van der Waals surface area contributed by atoms with Gasteiger partial charge in [0.1, 0.15) is 42.3 Å². The van der Waals surface area contributed by atoms with Crippen LogP contribution < -0.4 is 15.4 Å². The number of ether oxygens (including phenoxy) is 2. The Kier molecular flexibility index (Phi) is 15.0. The monoisotopic (exact) mass is 1020 g/mol. The minimum absolute atomic E-state index is 0.0156. The van der Waals surface area contributed by atoms with Crippen molar-refractivity contribution in [2.75, 3.05) is 19.8 Å². The molecule has 380 valence electrons. The van der Waals surface area contributed by atoms with Crippen LogP contribution in [0, 0.1) is 34.5 Å². The van der Waals surface area contributed by atoms with Crippen LogP contribution in [0.1, 0.15) is 113 Å². The largest absolute Gasteiger partial charge is 0.489 e. The zero-order valence-corrected chi connectivity index (χ0v) is 43.9. The van der Waals surface area contributed by atoms with Crippen LogP contribution in [0.5, 0.6) is 5.75 Å². The summed E-state index contributed by atoms with van der Waals surface area (Å²) in [4.78, 5) is 63.7. The fraction of sp³-hybridized carbons (Fsp3) is 0.481. The number of aromatic nitrogens is 4. The molecule has 3 aliphatic rings. The molecule has 0 spiro atoms. The third kappa shape index (κ3) is 10.6. The highest BCUT2D eigenvalue weighted by Crippen LogP contribution is 2.59. The summed E-state index contributed by atoms with van der Waals surface area (Å²) in [5, 5.41) is 35.0. The Morgan fingerprint density at radius 2 is 1.74 bits per heavy atom. The van der Waals surface area contributed by atoms with E-state index in [9.17, 15) is 29.5 Å². The normalized spacial score (nSPS) is 20.8. The first kappa shape index (κ1) is 52.1. The third-order valence-corrected chi connectivity index (χ3v) is 15.7.